The van der Waals surface area contributed by atoms with E-state index in [1.165, 1.54) is 0 Å². The lowest BCUT2D eigenvalue weighted by molar-refractivity contribution is -0.195. The summed E-state index contributed by atoms with van der Waals surface area (Å²) in [6, 6.07) is 0. The molecular weight excluding hydrogens is 263 g/mol. The van der Waals surface area contributed by atoms with Crippen LogP contribution in [0.3, 0.4) is 0 Å². The van der Waals surface area contributed by atoms with Crippen molar-refractivity contribution in [3.8, 4) is 5.88 Å². The molecule has 1 aliphatic heterocycles. The predicted molar refractivity (Wildman–Crippen MR) is 60.5 cm³/mol. The smallest absolute Gasteiger partial charge is 0.423 e. The van der Waals surface area contributed by atoms with E-state index in [-0.39, 0.29) is 24.3 Å². The highest BCUT2D eigenvalue weighted by atomic mass is 19.4. The Labute approximate surface area is 107 Å². The van der Waals surface area contributed by atoms with E-state index >= 15 is 0 Å². The van der Waals surface area contributed by atoms with Crippen molar-refractivity contribution in [3.63, 3.8) is 0 Å². The number of rotatable bonds is 3. The summed E-state index contributed by atoms with van der Waals surface area (Å²) in [7, 11) is 0. The Morgan fingerprint density at radius 1 is 1.53 bits per heavy atom. The molecule has 1 saturated heterocycles. The van der Waals surface area contributed by atoms with E-state index in [1.54, 1.807) is 0 Å². The molecule has 0 spiro atoms. The van der Waals surface area contributed by atoms with Crippen molar-refractivity contribution in [3.05, 3.63) is 11.8 Å². The number of aromatic nitrogens is 2. The van der Waals surface area contributed by atoms with Gasteiger partial charge in [-0.05, 0) is 13.8 Å². The fourth-order valence-corrected chi connectivity index (χ4v) is 1.94. The molecule has 1 fully saturated rings. The van der Waals surface area contributed by atoms with Gasteiger partial charge in [0.1, 0.15) is 12.2 Å². The van der Waals surface area contributed by atoms with Gasteiger partial charge >= 0.3 is 6.18 Å². The average molecular weight is 277 g/mol. The van der Waals surface area contributed by atoms with Gasteiger partial charge in [-0.2, -0.15) is 18.2 Å². The molecule has 8 heteroatoms. The van der Waals surface area contributed by atoms with Crippen LogP contribution in [0.15, 0.2) is 6.20 Å². The standard InChI is InChI=1S/C11H14F3N3O2/c1-10(2)3-6(19-10)5-18-8-7(11(12,13)14)4-16-9(15)17-8/h4,6H,3,5H2,1-2H3,(H2,15,16,17)/t6-/m0/s1. The molecule has 5 nitrogen and oxygen atoms in total. The number of hydrogen-bond donors (Lipinski definition) is 1. The van der Waals surface area contributed by atoms with Crippen LogP contribution in [-0.2, 0) is 10.9 Å². The Morgan fingerprint density at radius 2 is 2.16 bits per heavy atom. The molecule has 0 radical (unpaired) electrons. The lowest BCUT2D eigenvalue weighted by Gasteiger charge is -2.42. The first-order chi connectivity index (χ1) is 8.67. The summed E-state index contributed by atoms with van der Waals surface area (Å²) in [5.74, 6) is -0.828. The van der Waals surface area contributed by atoms with Crippen LogP contribution in [0.25, 0.3) is 0 Å². The van der Waals surface area contributed by atoms with Crippen LogP contribution in [0.1, 0.15) is 25.8 Å². The van der Waals surface area contributed by atoms with E-state index in [1.807, 2.05) is 13.8 Å². The molecule has 0 aromatic carbocycles. The van der Waals surface area contributed by atoms with Crippen molar-refractivity contribution >= 4 is 5.95 Å². The molecule has 2 N–H and O–H groups in total. The van der Waals surface area contributed by atoms with Gasteiger partial charge in [-0.15, -0.1) is 0 Å². The maximum atomic E-state index is 12.7. The van der Waals surface area contributed by atoms with Crippen LogP contribution in [0.5, 0.6) is 5.88 Å². The molecular formula is C11H14F3N3O2. The highest BCUT2D eigenvalue weighted by Gasteiger charge is 2.39. The van der Waals surface area contributed by atoms with Crippen LogP contribution >= 0.6 is 0 Å². The molecule has 1 aromatic rings. The number of halogens is 3. The first kappa shape index (κ1) is 13.9. The van der Waals surface area contributed by atoms with E-state index in [0.29, 0.717) is 6.20 Å². The van der Waals surface area contributed by atoms with Gasteiger partial charge in [0.05, 0.1) is 11.7 Å². The number of alkyl halides is 3. The second kappa shape index (κ2) is 4.52. The predicted octanol–water partition coefficient (Wildman–Crippen LogP) is 2.02. The van der Waals surface area contributed by atoms with E-state index < -0.39 is 17.6 Å². The molecule has 0 aliphatic carbocycles. The summed E-state index contributed by atoms with van der Waals surface area (Å²) in [5.41, 5.74) is 3.98. The third kappa shape index (κ3) is 3.25. The molecule has 1 aromatic heterocycles. The second-order valence-corrected chi connectivity index (χ2v) is 4.96. The highest BCUT2D eigenvalue weighted by Crippen LogP contribution is 2.36. The summed E-state index contributed by atoms with van der Waals surface area (Å²) in [6.45, 7) is 3.80. The fraction of sp³-hybridized carbons (Fsp3) is 0.636. The molecule has 106 valence electrons. The molecule has 0 bridgehead atoms. The zero-order chi connectivity index (χ0) is 14.3. The zero-order valence-corrected chi connectivity index (χ0v) is 10.5. The first-order valence-corrected chi connectivity index (χ1v) is 5.68. The molecule has 19 heavy (non-hydrogen) atoms. The molecule has 0 amide bonds. The van der Waals surface area contributed by atoms with Gasteiger partial charge in [0.25, 0.3) is 0 Å². The molecule has 1 aliphatic rings. The lowest BCUT2D eigenvalue weighted by Crippen LogP contribution is -2.48. The first-order valence-electron chi connectivity index (χ1n) is 5.68. The van der Waals surface area contributed by atoms with Crippen molar-refractivity contribution in [1.29, 1.82) is 0 Å². The maximum absolute atomic E-state index is 12.7. The third-order valence-electron chi connectivity index (χ3n) is 2.69. The average Bonchev–Trinajstić information content (AvgIpc) is 2.21. The van der Waals surface area contributed by atoms with Crippen LogP contribution in [0.2, 0.25) is 0 Å². The van der Waals surface area contributed by atoms with Gasteiger partial charge < -0.3 is 15.2 Å². The van der Waals surface area contributed by atoms with Gasteiger partial charge in [0.15, 0.2) is 0 Å². The highest BCUT2D eigenvalue weighted by molar-refractivity contribution is 5.32. The van der Waals surface area contributed by atoms with Crippen LogP contribution < -0.4 is 10.5 Å². The Bertz CT molecular complexity index is 469. The van der Waals surface area contributed by atoms with Crippen molar-refractivity contribution in [1.82, 2.24) is 9.97 Å². The minimum absolute atomic E-state index is 0.00294. The fourth-order valence-electron chi connectivity index (χ4n) is 1.94. The van der Waals surface area contributed by atoms with Crippen LogP contribution in [0.4, 0.5) is 19.1 Å². The minimum atomic E-state index is -4.58. The van der Waals surface area contributed by atoms with E-state index in [4.69, 9.17) is 15.2 Å². The number of ether oxygens (including phenoxy) is 2. The largest absolute Gasteiger partial charge is 0.474 e. The van der Waals surface area contributed by atoms with Crippen LogP contribution in [0, 0.1) is 0 Å². The van der Waals surface area contributed by atoms with Crippen LogP contribution in [-0.4, -0.2) is 28.3 Å². The Kier molecular flexibility index (Phi) is 3.29. The summed E-state index contributed by atoms with van der Waals surface area (Å²) < 4.78 is 48.6. The van der Waals surface area contributed by atoms with Gasteiger partial charge in [0.2, 0.25) is 11.8 Å². The van der Waals surface area contributed by atoms with Gasteiger partial charge in [-0.1, -0.05) is 0 Å². The Hall–Kier alpha value is -1.57. The van der Waals surface area contributed by atoms with E-state index in [9.17, 15) is 13.2 Å². The Morgan fingerprint density at radius 3 is 2.68 bits per heavy atom. The molecule has 2 heterocycles. The monoisotopic (exact) mass is 277 g/mol. The van der Waals surface area contributed by atoms with Crippen molar-refractivity contribution in [2.75, 3.05) is 12.3 Å². The number of anilines is 1. The quantitative estimate of drug-likeness (QED) is 0.915. The number of nitrogens with zero attached hydrogens (tertiary/aromatic N) is 2. The van der Waals surface area contributed by atoms with Gasteiger partial charge in [-0.3, -0.25) is 0 Å². The number of nitrogen functional groups attached to an aromatic ring is 1. The van der Waals surface area contributed by atoms with Crippen molar-refractivity contribution in [2.45, 2.75) is 38.1 Å². The topological polar surface area (TPSA) is 70.3 Å². The SMILES string of the molecule is CC1(C)C[C@@H](COc2nc(N)ncc2C(F)(F)F)O1. The van der Waals surface area contributed by atoms with E-state index in [0.717, 1.165) is 6.42 Å². The minimum Gasteiger partial charge on any atom is -0.474 e. The molecule has 0 unspecified atom stereocenters. The van der Waals surface area contributed by atoms with Gasteiger partial charge in [0, 0.05) is 12.6 Å². The van der Waals surface area contributed by atoms with E-state index in [2.05, 4.69) is 9.97 Å². The second-order valence-electron chi connectivity index (χ2n) is 4.96. The normalized spacial score (nSPS) is 21.8. The van der Waals surface area contributed by atoms with Gasteiger partial charge in [-0.25, -0.2) is 4.98 Å². The summed E-state index contributed by atoms with van der Waals surface area (Å²) in [6.07, 6.45) is -3.48. The summed E-state index contributed by atoms with van der Waals surface area (Å²) >= 11 is 0. The lowest BCUT2D eigenvalue weighted by atomic mass is 9.94. The summed E-state index contributed by atoms with van der Waals surface area (Å²) in [4.78, 5) is 6.80. The molecule has 1 atom stereocenters. The summed E-state index contributed by atoms with van der Waals surface area (Å²) in [5, 5.41) is 0. The van der Waals surface area contributed by atoms with Crippen molar-refractivity contribution < 1.29 is 22.6 Å². The number of nitrogens with two attached hydrogens (primary N) is 1. The maximum Gasteiger partial charge on any atom is 0.423 e. The number of hydrogen-bond acceptors (Lipinski definition) is 5. The van der Waals surface area contributed by atoms with Crippen molar-refractivity contribution in [2.24, 2.45) is 0 Å². The Balaban J connectivity index is 2.05. The third-order valence-corrected chi connectivity index (χ3v) is 2.69. The molecule has 0 saturated carbocycles. The zero-order valence-electron chi connectivity index (χ0n) is 10.5. The molecule has 2 rings (SSSR count).